The molecule has 1 unspecified atom stereocenters. The van der Waals surface area contributed by atoms with Crippen molar-refractivity contribution in [2.24, 2.45) is 5.73 Å². The van der Waals surface area contributed by atoms with E-state index in [1.165, 1.54) is 11.1 Å². The maximum Gasteiger partial charge on any atom is 0.146 e. The van der Waals surface area contributed by atoms with Crippen LogP contribution in [0.1, 0.15) is 28.3 Å². The van der Waals surface area contributed by atoms with Crippen LogP contribution in [-0.4, -0.2) is 14.2 Å². The second-order valence-corrected chi connectivity index (χ2v) is 5.35. The number of rotatable bonds is 4. The second-order valence-electron chi connectivity index (χ2n) is 4.97. The van der Waals surface area contributed by atoms with E-state index in [0.29, 0.717) is 16.5 Å². The molecule has 0 saturated carbocycles. The van der Waals surface area contributed by atoms with Gasteiger partial charge in [-0.2, -0.15) is 0 Å². The van der Waals surface area contributed by atoms with E-state index in [4.69, 9.17) is 26.8 Å². The van der Waals surface area contributed by atoms with E-state index in [1.807, 2.05) is 24.3 Å². The molecule has 0 aliphatic rings. The zero-order valence-corrected chi connectivity index (χ0v) is 13.5. The highest BCUT2D eigenvalue weighted by atomic mass is 35.5. The molecule has 21 heavy (non-hydrogen) atoms. The molecule has 0 aliphatic carbocycles. The van der Waals surface area contributed by atoms with E-state index in [-0.39, 0.29) is 6.04 Å². The summed E-state index contributed by atoms with van der Waals surface area (Å²) in [6.45, 7) is 4.14. The highest BCUT2D eigenvalue weighted by Crippen LogP contribution is 2.40. The molecule has 0 amide bonds. The van der Waals surface area contributed by atoms with Crippen LogP contribution in [-0.2, 0) is 0 Å². The molecule has 1 atom stereocenters. The molecule has 0 bridgehead atoms. The van der Waals surface area contributed by atoms with Crippen molar-refractivity contribution < 1.29 is 9.47 Å². The van der Waals surface area contributed by atoms with Gasteiger partial charge in [-0.25, -0.2) is 0 Å². The third kappa shape index (κ3) is 2.85. The quantitative estimate of drug-likeness (QED) is 0.928. The van der Waals surface area contributed by atoms with Crippen LogP contribution in [0.15, 0.2) is 30.3 Å². The number of ether oxygens (including phenoxy) is 2. The van der Waals surface area contributed by atoms with Crippen molar-refractivity contribution >= 4 is 11.6 Å². The molecular weight excluding hydrogens is 286 g/mol. The van der Waals surface area contributed by atoms with Gasteiger partial charge in [-0.3, -0.25) is 0 Å². The van der Waals surface area contributed by atoms with Gasteiger partial charge in [0.2, 0.25) is 0 Å². The summed E-state index contributed by atoms with van der Waals surface area (Å²) in [5.74, 6) is 1.13. The molecule has 0 fully saturated rings. The fraction of sp³-hybridized carbons (Fsp3) is 0.294. The van der Waals surface area contributed by atoms with Gasteiger partial charge in [0.25, 0.3) is 0 Å². The van der Waals surface area contributed by atoms with E-state index >= 15 is 0 Å². The molecule has 2 rings (SSSR count). The molecule has 0 aromatic heterocycles. The van der Waals surface area contributed by atoms with Gasteiger partial charge in [0.05, 0.1) is 20.3 Å². The molecular formula is C17H20ClNO2. The number of nitrogens with two attached hydrogens (primary N) is 1. The van der Waals surface area contributed by atoms with Crippen LogP contribution in [0.2, 0.25) is 5.02 Å². The zero-order valence-electron chi connectivity index (χ0n) is 12.7. The van der Waals surface area contributed by atoms with E-state index in [2.05, 4.69) is 19.9 Å². The summed E-state index contributed by atoms with van der Waals surface area (Å²) >= 11 is 6.31. The van der Waals surface area contributed by atoms with Gasteiger partial charge in [0.15, 0.2) is 0 Å². The molecule has 112 valence electrons. The lowest BCUT2D eigenvalue weighted by Gasteiger charge is -2.20. The SMILES string of the molecule is COc1ccc(C(N)c2cccc(C)c2C)c(OC)c1Cl. The summed E-state index contributed by atoms with van der Waals surface area (Å²) in [7, 11) is 3.16. The Morgan fingerprint density at radius 3 is 2.33 bits per heavy atom. The smallest absolute Gasteiger partial charge is 0.146 e. The highest BCUT2D eigenvalue weighted by Gasteiger charge is 2.20. The van der Waals surface area contributed by atoms with Crippen LogP contribution < -0.4 is 15.2 Å². The predicted octanol–water partition coefficient (Wildman–Crippen LogP) is 4.02. The van der Waals surface area contributed by atoms with Crippen molar-refractivity contribution in [2.45, 2.75) is 19.9 Å². The van der Waals surface area contributed by atoms with Crippen LogP contribution >= 0.6 is 11.6 Å². The minimum absolute atomic E-state index is 0.303. The zero-order chi connectivity index (χ0) is 15.6. The summed E-state index contributed by atoms with van der Waals surface area (Å²) in [6.07, 6.45) is 0. The first-order chi connectivity index (χ1) is 10.0. The molecule has 2 N–H and O–H groups in total. The molecule has 0 heterocycles. The number of benzene rings is 2. The first-order valence-corrected chi connectivity index (χ1v) is 7.11. The lowest BCUT2D eigenvalue weighted by Crippen LogP contribution is -2.15. The van der Waals surface area contributed by atoms with Crippen LogP contribution in [0.5, 0.6) is 11.5 Å². The van der Waals surface area contributed by atoms with Crippen molar-refractivity contribution in [1.82, 2.24) is 0 Å². The van der Waals surface area contributed by atoms with E-state index in [0.717, 1.165) is 11.1 Å². The Kier molecular flexibility index (Phi) is 4.76. The third-order valence-electron chi connectivity index (χ3n) is 3.83. The largest absolute Gasteiger partial charge is 0.495 e. The Morgan fingerprint density at radius 1 is 1.00 bits per heavy atom. The van der Waals surface area contributed by atoms with Crippen molar-refractivity contribution in [1.29, 1.82) is 0 Å². The van der Waals surface area contributed by atoms with Gasteiger partial charge in [-0.05, 0) is 42.7 Å². The topological polar surface area (TPSA) is 44.5 Å². The van der Waals surface area contributed by atoms with E-state index in [9.17, 15) is 0 Å². The highest BCUT2D eigenvalue weighted by molar-refractivity contribution is 6.33. The summed E-state index contributed by atoms with van der Waals surface area (Å²) in [6, 6.07) is 9.52. The fourth-order valence-corrected chi connectivity index (χ4v) is 2.77. The van der Waals surface area contributed by atoms with Gasteiger partial charge in [-0.1, -0.05) is 29.8 Å². The average molecular weight is 306 g/mol. The van der Waals surface area contributed by atoms with E-state index in [1.54, 1.807) is 14.2 Å². The maximum atomic E-state index is 6.44. The van der Waals surface area contributed by atoms with Crippen molar-refractivity contribution in [3.05, 3.63) is 57.6 Å². The molecule has 3 nitrogen and oxygen atoms in total. The second kappa shape index (κ2) is 6.37. The average Bonchev–Trinajstić information content (AvgIpc) is 2.49. The number of hydrogen-bond donors (Lipinski definition) is 1. The van der Waals surface area contributed by atoms with Crippen molar-refractivity contribution in [3.8, 4) is 11.5 Å². The fourth-order valence-electron chi connectivity index (χ4n) is 2.44. The van der Waals surface area contributed by atoms with Crippen LogP contribution in [0, 0.1) is 13.8 Å². The Hall–Kier alpha value is -1.71. The predicted molar refractivity (Wildman–Crippen MR) is 86.5 cm³/mol. The monoisotopic (exact) mass is 305 g/mol. The minimum Gasteiger partial charge on any atom is -0.495 e. The summed E-state index contributed by atoms with van der Waals surface area (Å²) in [5.41, 5.74) is 10.7. The number of halogens is 1. The van der Waals surface area contributed by atoms with Crippen molar-refractivity contribution in [2.75, 3.05) is 14.2 Å². The molecule has 0 aliphatic heterocycles. The third-order valence-corrected chi connectivity index (χ3v) is 4.19. The minimum atomic E-state index is -0.303. The standard InChI is InChI=1S/C17H20ClNO2/c1-10-6-5-7-12(11(10)2)16(19)13-8-9-14(20-3)15(18)17(13)21-4/h5-9,16H,19H2,1-4H3. The first kappa shape index (κ1) is 15.7. The Balaban J connectivity index is 2.56. The molecule has 2 aromatic rings. The lowest BCUT2D eigenvalue weighted by molar-refractivity contribution is 0.390. The Bertz CT molecular complexity index is 655. The Labute approximate surface area is 130 Å². The summed E-state index contributed by atoms with van der Waals surface area (Å²) in [4.78, 5) is 0. The molecule has 0 spiro atoms. The van der Waals surface area contributed by atoms with Gasteiger partial charge < -0.3 is 15.2 Å². The normalized spacial score (nSPS) is 12.1. The van der Waals surface area contributed by atoms with Crippen LogP contribution in [0.3, 0.4) is 0 Å². The van der Waals surface area contributed by atoms with Crippen LogP contribution in [0.25, 0.3) is 0 Å². The first-order valence-electron chi connectivity index (χ1n) is 6.73. The van der Waals surface area contributed by atoms with E-state index < -0.39 is 0 Å². The van der Waals surface area contributed by atoms with Crippen LogP contribution in [0.4, 0.5) is 0 Å². The summed E-state index contributed by atoms with van der Waals surface area (Å²) < 4.78 is 10.7. The number of methoxy groups -OCH3 is 2. The number of hydrogen-bond acceptors (Lipinski definition) is 3. The van der Waals surface area contributed by atoms with Gasteiger partial charge in [0.1, 0.15) is 16.5 Å². The molecule has 0 saturated heterocycles. The Morgan fingerprint density at radius 2 is 1.71 bits per heavy atom. The molecule has 4 heteroatoms. The van der Waals surface area contributed by atoms with Gasteiger partial charge in [-0.15, -0.1) is 0 Å². The lowest BCUT2D eigenvalue weighted by atomic mass is 9.93. The van der Waals surface area contributed by atoms with Gasteiger partial charge >= 0.3 is 0 Å². The molecule has 0 radical (unpaired) electrons. The maximum absolute atomic E-state index is 6.44. The number of aryl methyl sites for hydroxylation is 1. The summed E-state index contributed by atoms with van der Waals surface area (Å²) in [5, 5.41) is 0.443. The van der Waals surface area contributed by atoms with Gasteiger partial charge in [0, 0.05) is 5.56 Å². The van der Waals surface area contributed by atoms with Crippen molar-refractivity contribution in [3.63, 3.8) is 0 Å². The molecule has 2 aromatic carbocycles.